The standard InChI is InChI=1S/C15H17NO2/c1-11-5-8-14(16-15(18)12-6-7-12)10-13(11)4-2-3-9-17/h5,8,10,12,17H,3,6-7,9H2,1H3,(H,16,18). The first-order chi connectivity index (χ1) is 8.70. The van der Waals surface area contributed by atoms with Gasteiger partial charge in [0.15, 0.2) is 0 Å². The van der Waals surface area contributed by atoms with Crippen LogP contribution in [0.25, 0.3) is 0 Å². The minimum atomic E-state index is 0.0736. The molecule has 1 amide bonds. The molecule has 1 aromatic rings. The van der Waals surface area contributed by atoms with Crippen molar-refractivity contribution in [3.8, 4) is 11.8 Å². The van der Waals surface area contributed by atoms with Gasteiger partial charge in [0.25, 0.3) is 0 Å². The van der Waals surface area contributed by atoms with Crippen LogP contribution in [0.15, 0.2) is 18.2 Å². The van der Waals surface area contributed by atoms with Crippen molar-refractivity contribution in [3.05, 3.63) is 29.3 Å². The molecule has 2 N–H and O–H groups in total. The maximum Gasteiger partial charge on any atom is 0.227 e. The Hall–Kier alpha value is -1.79. The number of amides is 1. The molecule has 0 heterocycles. The lowest BCUT2D eigenvalue weighted by Crippen LogP contribution is -2.13. The summed E-state index contributed by atoms with van der Waals surface area (Å²) in [5, 5.41) is 11.6. The maximum atomic E-state index is 11.7. The summed E-state index contributed by atoms with van der Waals surface area (Å²) in [6.45, 7) is 2.06. The molecule has 3 heteroatoms. The van der Waals surface area contributed by atoms with Gasteiger partial charge in [0.05, 0.1) is 6.61 Å². The largest absolute Gasteiger partial charge is 0.395 e. The number of rotatable bonds is 3. The fourth-order valence-electron chi connectivity index (χ4n) is 1.64. The van der Waals surface area contributed by atoms with E-state index in [0.717, 1.165) is 29.7 Å². The molecule has 0 bridgehead atoms. The maximum absolute atomic E-state index is 11.7. The summed E-state index contributed by atoms with van der Waals surface area (Å²) in [5.74, 6) is 6.21. The molecule has 1 saturated carbocycles. The highest BCUT2D eigenvalue weighted by Crippen LogP contribution is 2.30. The van der Waals surface area contributed by atoms with Crippen molar-refractivity contribution in [2.24, 2.45) is 5.92 Å². The average molecular weight is 243 g/mol. The molecule has 0 aliphatic heterocycles. The Kier molecular flexibility index (Phi) is 4.01. The van der Waals surface area contributed by atoms with E-state index in [4.69, 9.17) is 5.11 Å². The van der Waals surface area contributed by atoms with Gasteiger partial charge in [-0.1, -0.05) is 17.9 Å². The zero-order valence-electron chi connectivity index (χ0n) is 10.5. The van der Waals surface area contributed by atoms with Crippen LogP contribution < -0.4 is 5.32 Å². The third-order valence-electron chi connectivity index (χ3n) is 2.91. The second-order valence-corrected chi connectivity index (χ2v) is 4.57. The molecule has 94 valence electrons. The van der Waals surface area contributed by atoms with Gasteiger partial charge in [-0.15, -0.1) is 0 Å². The number of hydrogen-bond acceptors (Lipinski definition) is 2. The molecule has 18 heavy (non-hydrogen) atoms. The van der Waals surface area contributed by atoms with Gasteiger partial charge in [0, 0.05) is 23.6 Å². The topological polar surface area (TPSA) is 49.3 Å². The lowest BCUT2D eigenvalue weighted by atomic mass is 10.1. The van der Waals surface area contributed by atoms with E-state index in [-0.39, 0.29) is 18.4 Å². The summed E-state index contributed by atoms with van der Waals surface area (Å²) in [5.41, 5.74) is 2.77. The molecule has 0 aromatic heterocycles. The first-order valence-corrected chi connectivity index (χ1v) is 6.22. The molecule has 0 radical (unpaired) electrons. The summed E-state index contributed by atoms with van der Waals surface area (Å²) in [6, 6.07) is 5.73. The van der Waals surface area contributed by atoms with Crippen LogP contribution in [-0.4, -0.2) is 17.6 Å². The van der Waals surface area contributed by atoms with E-state index in [0.29, 0.717) is 6.42 Å². The number of nitrogens with one attached hydrogen (secondary N) is 1. The summed E-state index contributed by atoms with van der Waals surface area (Å²) in [6.07, 6.45) is 2.47. The average Bonchev–Trinajstić information content (AvgIpc) is 3.17. The molecule has 3 nitrogen and oxygen atoms in total. The van der Waals surface area contributed by atoms with Crippen LogP contribution in [0.4, 0.5) is 5.69 Å². The van der Waals surface area contributed by atoms with Crippen molar-refractivity contribution < 1.29 is 9.90 Å². The number of carbonyl (C=O) groups excluding carboxylic acids is 1. The summed E-state index contributed by atoms with van der Waals surface area (Å²) >= 11 is 0. The number of aliphatic hydroxyl groups excluding tert-OH is 1. The Balaban J connectivity index is 2.10. The molecule has 0 saturated heterocycles. The van der Waals surface area contributed by atoms with Gasteiger partial charge in [-0.25, -0.2) is 0 Å². The lowest BCUT2D eigenvalue weighted by molar-refractivity contribution is -0.117. The highest BCUT2D eigenvalue weighted by Gasteiger charge is 2.29. The number of hydrogen-bond donors (Lipinski definition) is 2. The summed E-state index contributed by atoms with van der Waals surface area (Å²) in [7, 11) is 0. The van der Waals surface area contributed by atoms with Gasteiger partial charge in [0.1, 0.15) is 0 Å². The lowest BCUT2D eigenvalue weighted by Gasteiger charge is -2.06. The fraction of sp³-hybridized carbons (Fsp3) is 0.400. The number of anilines is 1. The quantitative estimate of drug-likeness (QED) is 0.798. The Labute approximate surface area is 107 Å². The predicted octanol–water partition coefficient (Wildman–Crippen LogP) is 2.08. The predicted molar refractivity (Wildman–Crippen MR) is 71.1 cm³/mol. The molecule has 1 aromatic carbocycles. The zero-order valence-corrected chi connectivity index (χ0v) is 10.5. The molecule has 2 rings (SSSR count). The van der Waals surface area contributed by atoms with Gasteiger partial charge in [-0.2, -0.15) is 0 Å². The van der Waals surface area contributed by atoms with E-state index in [1.165, 1.54) is 0 Å². The number of benzene rings is 1. The smallest absolute Gasteiger partial charge is 0.227 e. The molecule has 1 aliphatic carbocycles. The van der Waals surface area contributed by atoms with Crippen LogP contribution in [0.2, 0.25) is 0 Å². The number of aryl methyl sites for hydroxylation is 1. The van der Waals surface area contributed by atoms with Crippen molar-refractivity contribution in [1.29, 1.82) is 0 Å². The van der Waals surface area contributed by atoms with Crippen molar-refractivity contribution in [2.75, 3.05) is 11.9 Å². The van der Waals surface area contributed by atoms with E-state index < -0.39 is 0 Å². The van der Waals surface area contributed by atoms with E-state index in [1.807, 2.05) is 25.1 Å². The van der Waals surface area contributed by atoms with Crippen molar-refractivity contribution in [2.45, 2.75) is 26.2 Å². The second-order valence-electron chi connectivity index (χ2n) is 4.57. The van der Waals surface area contributed by atoms with Crippen LogP contribution in [0, 0.1) is 24.7 Å². The van der Waals surface area contributed by atoms with Crippen LogP contribution >= 0.6 is 0 Å². The molecule has 0 spiro atoms. The van der Waals surface area contributed by atoms with Crippen LogP contribution in [0.3, 0.4) is 0 Å². The van der Waals surface area contributed by atoms with Crippen LogP contribution in [-0.2, 0) is 4.79 Å². The molecule has 0 atom stereocenters. The van der Waals surface area contributed by atoms with Crippen molar-refractivity contribution in [3.63, 3.8) is 0 Å². The van der Waals surface area contributed by atoms with Crippen LogP contribution in [0.1, 0.15) is 30.4 Å². The van der Waals surface area contributed by atoms with Crippen molar-refractivity contribution in [1.82, 2.24) is 0 Å². The Morgan fingerprint density at radius 2 is 2.28 bits per heavy atom. The minimum absolute atomic E-state index is 0.0736. The second kappa shape index (κ2) is 5.70. The van der Waals surface area contributed by atoms with Gasteiger partial charge >= 0.3 is 0 Å². The Morgan fingerprint density at radius 1 is 1.50 bits per heavy atom. The SMILES string of the molecule is Cc1ccc(NC(=O)C2CC2)cc1C#CCCO. The highest BCUT2D eigenvalue weighted by atomic mass is 16.2. The Bertz CT molecular complexity index is 507. The van der Waals surface area contributed by atoms with E-state index in [1.54, 1.807) is 0 Å². The van der Waals surface area contributed by atoms with Gasteiger partial charge in [0.2, 0.25) is 5.91 Å². The molecular formula is C15H17NO2. The zero-order chi connectivity index (χ0) is 13.0. The van der Waals surface area contributed by atoms with E-state index >= 15 is 0 Å². The minimum Gasteiger partial charge on any atom is -0.395 e. The first-order valence-electron chi connectivity index (χ1n) is 6.22. The Morgan fingerprint density at radius 3 is 2.94 bits per heavy atom. The number of aliphatic hydroxyl groups is 1. The van der Waals surface area contributed by atoms with Gasteiger partial charge < -0.3 is 10.4 Å². The summed E-state index contributed by atoms with van der Waals surface area (Å²) < 4.78 is 0. The highest BCUT2D eigenvalue weighted by molar-refractivity contribution is 5.94. The monoisotopic (exact) mass is 243 g/mol. The van der Waals surface area contributed by atoms with Crippen molar-refractivity contribution >= 4 is 11.6 Å². The third-order valence-corrected chi connectivity index (χ3v) is 2.91. The van der Waals surface area contributed by atoms with E-state index in [2.05, 4.69) is 17.2 Å². The van der Waals surface area contributed by atoms with Crippen LogP contribution in [0.5, 0.6) is 0 Å². The van der Waals surface area contributed by atoms with Gasteiger partial charge in [-0.05, 0) is 37.5 Å². The fourth-order valence-corrected chi connectivity index (χ4v) is 1.64. The summed E-state index contributed by atoms with van der Waals surface area (Å²) in [4.78, 5) is 11.7. The third kappa shape index (κ3) is 3.35. The molecule has 1 fully saturated rings. The first kappa shape index (κ1) is 12.7. The normalized spacial score (nSPS) is 13.7. The van der Waals surface area contributed by atoms with Gasteiger partial charge in [-0.3, -0.25) is 4.79 Å². The molecule has 0 unspecified atom stereocenters. The molecule has 1 aliphatic rings. The number of carbonyl (C=O) groups is 1. The van der Waals surface area contributed by atoms with E-state index in [9.17, 15) is 4.79 Å². The molecular weight excluding hydrogens is 226 g/mol.